The first kappa shape index (κ1) is 24.1. The van der Waals surface area contributed by atoms with Crippen LogP contribution in [0.25, 0.3) is 0 Å². The number of hydrogen-bond acceptors (Lipinski definition) is 2. The molecule has 0 aromatic heterocycles. The smallest absolute Gasteiger partial charge is 0.00369 e. The summed E-state index contributed by atoms with van der Waals surface area (Å²) in [4.78, 5) is 0. The lowest BCUT2D eigenvalue weighted by Crippen LogP contribution is -1.96. The van der Waals surface area contributed by atoms with Gasteiger partial charge in [-0.25, -0.2) is 0 Å². The molecule has 0 aromatic rings. The molecule has 3 heteroatoms. The molecule has 0 N–H and O–H groups in total. The third-order valence-electron chi connectivity index (χ3n) is 4.36. The maximum absolute atomic E-state index is 4.97. The van der Waals surface area contributed by atoms with Crippen LogP contribution in [0.3, 0.4) is 0 Å². The van der Waals surface area contributed by atoms with Gasteiger partial charge in [-0.1, -0.05) is 77.8 Å². The Kier molecular flexibility index (Phi) is 22.1. The predicted octanol–water partition coefficient (Wildman–Crippen LogP) is 7.99. The van der Waals surface area contributed by atoms with Crippen LogP contribution in [0.15, 0.2) is 0 Å². The minimum Gasteiger partial charge on any atom is -0.162 e. The minimum absolute atomic E-state index is 0.906. The fraction of sp³-hybridized carbons (Fsp3) is 1.00. The highest BCUT2D eigenvalue weighted by molar-refractivity contribution is 7.99. The van der Waals surface area contributed by atoms with E-state index >= 15 is 0 Å². The summed E-state index contributed by atoms with van der Waals surface area (Å²) in [7, 11) is 0. The molecule has 139 valence electrons. The molecule has 0 heterocycles. The van der Waals surface area contributed by atoms with Crippen LogP contribution >= 0.6 is 36.2 Å². The van der Waals surface area contributed by atoms with Gasteiger partial charge in [-0.3, -0.25) is 0 Å². The van der Waals surface area contributed by atoms with Crippen LogP contribution in [-0.2, 0) is 0 Å². The molecule has 0 aliphatic rings. The van der Waals surface area contributed by atoms with Crippen molar-refractivity contribution in [2.45, 2.75) is 90.9 Å². The Morgan fingerprint density at radius 1 is 0.652 bits per heavy atom. The normalized spacial score (nSPS) is 12.7. The number of unbranched alkanes of at least 4 members (excludes halogenated alkanes) is 9. The van der Waals surface area contributed by atoms with Crippen molar-refractivity contribution in [1.29, 1.82) is 0 Å². The van der Waals surface area contributed by atoms with E-state index in [9.17, 15) is 0 Å². The van der Waals surface area contributed by atoms with Gasteiger partial charge in [0.25, 0.3) is 0 Å². The lowest BCUT2D eigenvalue weighted by molar-refractivity contribution is 0.629. The Labute approximate surface area is 161 Å². The standard InChI is InChI=1S/C20H41S3/c1-3-20(2)19-23-18-14-10-6-9-13-17-22-16-12-8-5-4-7-11-15-21/h20H,3-19H2,1-2H3. The molecule has 0 saturated carbocycles. The lowest BCUT2D eigenvalue weighted by Gasteiger charge is -2.07. The molecular weight excluding hydrogens is 336 g/mol. The van der Waals surface area contributed by atoms with E-state index < -0.39 is 0 Å². The molecule has 0 nitrogen and oxygen atoms in total. The Balaban J connectivity index is 2.97. The third kappa shape index (κ3) is 21.0. The van der Waals surface area contributed by atoms with Gasteiger partial charge in [-0.05, 0) is 54.6 Å². The zero-order chi connectivity index (χ0) is 17.0. The molecule has 0 aliphatic carbocycles. The summed E-state index contributed by atoms with van der Waals surface area (Å²) in [5.74, 6) is 7.37. The van der Waals surface area contributed by atoms with Crippen LogP contribution in [0, 0.1) is 5.92 Å². The van der Waals surface area contributed by atoms with E-state index in [0.717, 1.165) is 11.7 Å². The van der Waals surface area contributed by atoms with Crippen molar-refractivity contribution in [2.24, 2.45) is 5.92 Å². The van der Waals surface area contributed by atoms with Gasteiger partial charge < -0.3 is 0 Å². The number of thioether (sulfide) groups is 2. The lowest BCUT2D eigenvalue weighted by atomic mass is 10.1. The fourth-order valence-electron chi connectivity index (χ4n) is 2.46. The number of hydrogen-bond donors (Lipinski definition) is 0. The van der Waals surface area contributed by atoms with Crippen molar-refractivity contribution >= 4 is 36.2 Å². The van der Waals surface area contributed by atoms with Crippen molar-refractivity contribution in [3.63, 3.8) is 0 Å². The van der Waals surface area contributed by atoms with E-state index in [2.05, 4.69) is 37.4 Å². The topological polar surface area (TPSA) is 0 Å². The quantitative estimate of drug-likeness (QED) is 0.209. The van der Waals surface area contributed by atoms with Gasteiger partial charge in [0.15, 0.2) is 0 Å². The van der Waals surface area contributed by atoms with Gasteiger partial charge in [0.2, 0.25) is 0 Å². The molecule has 0 bridgehead atoms. The fourth-order valence-corrected chi connectivity index (χ4v) is 4.89. The summed E-state index contributed by atoms with van der Waals surface area (Å²) in [6, 6.07) is 0. The molecule has 0 fully saturated rings. The van der Waals surface area contributed by atoms with Crippen LogP contribution in [0.5, 0.6) is 0 Å². The van der Waals surface area contributed by atoms with Crippen molar-refractivity contribution in [2.75, 3.05) is 28.8 Å². The largest absolute Gasteiger partial charge is 0.162 e. The first-order valence-corrected chi connectivity index (χ1v) is 12.9. The van der Waals surface area contributed by atoms with E-state index in [-0.39, 0.29) is 0 Å². The molecular formula is C20H41S3. The number of rotatable bonds is 19. The highest BCUT2D eigenvalue weighted by Crippen LogP contribution is 2.15. The summed E-state index contributed by atoms with van der Waals surface area (Å²) >= 11 is 9.31. The van der Waals surface area contributed by atoms with Crippen LogP contribution in [-0.4, -0.2) is 28.8 Å². The summed E-state index contributed by atoms with van der Waals surface area (Å²) < 4.78 is 0. The Morgan fingerprint density at radius 2 is 1.09 bits per heavy atom. The maximum atomic E-state index is 4.97. The second-order valence-corrected chi connectivity index (χ2v) is 9.58. The summed E-state index contributed by atoms with van der Waals surface area (Å²) in [6.07, 6.45) is 16.8. The second kappa shape index (κ2) is 21.1. The highest BCUT2D eigenvalue weighted by Gasteiger charge is 1.98. The minimum atomic E-state index is 0.906. The highest BCUT2D eigenvalue weighted by atomic mass is 32.2. The summed E-state index contributed by atoms with van der Waals surface area (Å²) in [5.41, 5.74) is 0. The average molecular weight is 378 g/mol. The van der Waals surface area contributed by atoms with Crippen LogP contribution in [0.2, 0.25) is 0 Å². The third-order valence-corrected chi connectivity index (χ3v) is 7.19. The Bertz CT molecular complexity index is 209. The van der Waals surface area contributed by atoms with Gasteiger partial charge in [0, 0.05) is 5.75 Å². The van der Waals surface area contributed by atoms with Gasteiger partial charge in [-0.2, -0.15) is 23.5 Å². The molecule has 0 aliphatic heterocycles. The van der Waals surface area contributed by atoms with Crippen molar-refractivity contribution in [1.82, 2.24) is 0 Å². The van der Waals surface area contributed by atoms with Gasteiger partial charge >= 0.3 is 0 Å². The molecule has 0 saturated heterocycles. The van der Waals surface area contributed by atoms with E-state index in [0.29, 0.717) is 0 Å². The van der Waals surface area contributed by atoms with E-state index in [1.807, 2.05) is 0 Å². The summed E-state index contributed by atoms with van der Waals surface area (Å²) in [6.45, 7) is 4.67. The molecule has 1 atom stereocenters. The van der Waals surface area contributed by atoms with E-state index in [1.165, 1.54) is 100 Å². The Morgan fingerprint density at radius 3 is 1.57 bits per heavy atom. The van der Waals surface area contributed by atoms with Gasteiger partial charge in [0.05, 0.1) is 0 Å². The zero-order valence-electron chi connectivity index (χ0n) is 15.8. The predicted molar refractivity (Wildman–Crippen MR) is 117 cm³/mol. The molecule has 23 heavy (non-hydrogen) atoms. The SMILES string of the molecule is CCC(C)CSCCCCCCCSCCCCCCCC[S]. The van der Waals surface area contributed by atoms with Gasteiger partial charge in [-0.15, -0.1) is 0 Å². The monoisotopic (exact) mass is 377 g/mol. The molecule has 1 radical (unpaired) electrons. The molecule has 0 amide bonds. The molecule has 0 spiro atoms. The van der Waals surface area contributed by atoms with Crippen LogP contribution < -0.4 is 0 Å². The van der Waals surface area contributed by atoms with E-state index in [4.69, 9.17) is 12.6 Å². The van der Waals surface area contributed by atoms with Crippen LogP contribution in [0.4, 0.5) is 0 Å². The van der Waals surface area contributed by atoms with E-state index in [1.54, 1.807) is 0 Å². The Hall–Kier alpha value is 1.05. The first-order chi connectivity index (χ1) is 11.3. The zero-order valence-corrected chi connectivity index (χ0v) is 18.3. The van der Waals surface area contributed by atoms with Gasteiger partial charge in [0.1, 0.15) is 0 Å². The molecule has 1 unspecified atom stereocenters. The molecule has 0 aromatic carbocycles. The average Bonchev–Trinajstić information content (AvgIpc) is 2.57. The maximum Gasteiger partial charge on any atom is 0.00369 e. The van der Waals surface area contributed by atoms with Crippen molar-refractivity contribution in [3.05, 3.63) is 0 Å². The van der Waals surface area contributed by atoms with Crippen molar-refractivity contribution in [3.8, 4) is 0 Å². The first-order valence-electron chi connectivity index (χ1n) is 10.0. The second-order valence-electron chi connectivity index (χ2n) is 6.79. The van der Waals surface area contributed by atoms with Crippen LogP contribution in [0.1, 0.15) is 90.9 Å². The van der Waals surface area contributed by atoms with Crippen molar-refractivity contribution < 1.29 is 0 Å². The summed E-state index contributed by atoms with van der Waals surface area (Å²) in [5, 5.41) is 0. The molecule has 0 rings (SSSR count).